The third-order valence-electron chi connectivity index (χ3n) is 5.29. The summed E-state index contributed by atoms with van der Waals surface area (Å²) >= 11 is 0. The Hall–Kier alpha value is -3.92. The summed E-state index contributed by atoms with van der Waals surface area (Å²) < 4.78 is 5.39. The lowest BCUT2D eigenvalue weighted by molar-refractivity contribution is -0.116. The topological polar surface area (TPSA) is 51.2 Å². The minimum atomic E-state index is -0.129. The molecule has 3 aromatic carbocycles. The van der Waals surface area contributed by atoms with Gasteiger partial charge in [-0.25, -0.2) is 0 Å². The number of nitrogens with one attached hydrogen (secondary N) is 1. The first kappa shape index (κ1) is 20.4. The molecule has 0 aliphatic heterocycles. The van der Waals surface area contributed by atoms with Crippen molar-refractivity contribution in [2.24, 2.45) is 0 Å². The maximum atomic E-state index is 12.3. The van der Waals surface area contributed by atoms with Gasteiger partial charge in [-0.1, -0.05) is 48.5 Å². The van der Waals surface area contributed by atoms with E-state index in [1.165, 1.54) is 0 Å². The van der Waals surface area contributed by atoms with Gasteiger partial charge in [-0.05, 0) is 64.4 Å². The molecule has 1 heterocycles. The number of hydrogen-bond acceptors (Lipinski definition) is 3. The second-order valence-corrected chi connectivity index (χ2v) is 7.34. The number of pyridine rings is 1. The van der Waals surface area contributed by atoms with Crippen molar-refractivity contribution in [1.29, 1.82) is 0 Å². The van der Waals surface area contributed by atoms with E-state index in [9.17, 15) is 4.79 Å². The largest absolute Gasteiger partial charge is 0.496 e. The molecule has 0 spiro atoms. The number of amides is 1. The van der Waals surface area contributed by atoms with Crippen LogP contribution in [0.1, 0.15) is 16.7 Å². The summed E-state index contributed by atoms with van der Waals surface area (Å²) in [5, 5.41) is 5.11. The van der Waals surface area contributed by atoms with Crippen LogP contribution in [0.25, 0.3) is 28.0 Å². The van der Waals surface area contributed by atoms with Gasteiger partial charge in [0.1, 0.15) is 5.75 Å². The smallest absolute Gasteiger partial charge is 0.244 e. The maximum absolute atomic E-state index is 12.3. The average Bonchev–Trinajstić information content (AvgIpc) is 2.81. The van der Waals surface area contributed by atoms with E-state index in [0.29, 0.717) is 6.54 Å². The second kappa shape index (κ2) is 9.26. The van der Waals surface area contributed by atoms with Crippen LogP contribution >= 0.6 is 0 Å². The zero-order valence-corrected chi connectivity index (χ0v) is 17.6. The van der Waals surface area contributed by atoms with Crippen LogP contribution in [-0.2, 0) is 11.3 Å². The summed E-state index contributed by atoms with van der Waals surface area (Å²) in [5.74, 6) is 0.744. The van der Waals surface area contributed by atoms with Crippen LogP contribution in [0.4, 0.5) is 0 Å². The maximum Gasteiger partial charge on any atom is 0.244 e. The van der Waals surface area contributed by atoms with Gasteiger partial charge < -0.3 is 10.1 Å². The number of benzene rings is 3. The van der Waals surface area contributed by atoms with E-state index < -0.39 is 0 Å². The van der Waals surface area contributed by atoms with Crippen LogP contribution in [0.5, 0.6) is 5.75 Å². The first-order chi connectivity index (χ1) is 15.2. The highest BCUT2D eigenvalue weighted by molar-refractivity contribution is 5.98. The SMILES string of the molecule is COc1ccc(-c2ccc(CNC(=O)/C=C/c3ccccc3)c3cnccc23)cc1C. The molecule has 1 N–H and O–H groups in total. The molecule has 1 aromatic heterocycles. The average molecular weight is 409 g/mol. The fourth-order valence-corrected chi connectivity index (χ4v) is 3.68. The summed E-state index contributed by atoms with van der Waals surface area (Å²) in [7, 11) is 1.68. The van der Waals surface area contributed by atoms with Crippen LogP contribution in [0.15, 0.2) is 85.2 Å². The van der Waals surface area contributed by atoms with Gasteiger partial charge in [0.25, 0.3) is 0 Å². The Bertz CT molecular complexity index is 1250. The lowest BCUT2D eigenvalue weighted by Gasteiger charge is -2.13. The minimum Gasteiger partial charge on any atom is -0.496 e. The molecule has 0 saturated carbocycles. The van der Waals surface area contributed by atoms with Crippen molar-refractivity contribution in [2.75, 3.05) is 7.11 Å². The van der Waals surface area contributed by atoms with Gasteiger partial charge in [0.05, 0.1) is 7.11 Å². The van der Waals surface area contributed by atoms with E-state index in [0.717, 1.165) is 44.3 Å². The molecule has 1 amide bonds. The number of rotatable bonds is 6. The van der Waals surface area contributed by atoms with Gasteiger partial charge in [-0.15, -0.1) is 0 Å². The predicted octanol–water partition coefficient (Wildman–Crippen LogP) is 5.55. The molecule has 0 unspecified atom stereocenters. The van der Waals surface area contributed by atoms with Gasteiger partial charge in [0, 0.05) is 30.4 Å². The summed E-state index contributed by atoms with van der Waals surface area (Å²) in [4.78, 5) is 16.6. The van der Waals surface area contributed by atoms with Crippen LogP contribution in [0.3, 0.4) is 0 Å². The molecular weight excluding hydrogens is 384 g/mol. The monoisotopic (exact) mass is 408 g/mol. The highest BCUT2D eigenvalue weighted by Crippen LogP contribution is 2.32. The number of aromatic nitrogens is 1. The molecule has 31 heavy (non-hydrogen) atoms. The number of carbonyl (C=O) groups is 1. The second-order valence-electron chi connectivity index (χ2n) is 7.34. The van der Waals surface area contributed by atoms with Gasteiger partial charge in [-0.2, -0.15) is 0 Å². The lowest BCUT2D eigenvalue weighted by Crippen LogP contribution is -2.20. The van der Waals surface area contributed by atoms with E-state index in [2.05, 4.69) is 34.6 Å². The van der Waals surface area contributed by atoms with Crippen molar-refractivity contribution >= 4 is 22.8 Å². The summed E-state index contributed by atoms with van der Waals surface area (Å²) in [6.07, 6.45) is 7.03. The van der Waals surface area contributed by atoms with Crippen molar-refractivity contribution in [3.05, 3.63) is 102 Å². The van der Waals surface area contributed by atoms with Crippen LogP contribution in [0, 0.1) is 6.92 Å². The van der Waals surface area contributed by atoms with Crippen molar-refractivity contribution in [2.45, 2.75) is 13.5 Å². The highest BCUT2D eigenvalue weighted by atomic mass is 16.5. The Morgan fingerprint density at radius 2 is 1.87 bits per heavy atom. The molecule has 0 atom stereocenters. The molecule has 0 aliphatic rings. The van der Waals surface area contributed by atoms with Gasteiger partial charge in [0.15, 0.2) is 0 Å². The minimum absolute atomic E-state index is 0.129. The van der Waals surface area contributed by atoms with Crippen LogP contribution in [-0.4, -0.2) is 18.0 Å². The molecule has 0 radical (unpaired) electrons. The Morgan fingerprint density at radius 3 is 2.65 bits per heavy atom. The first-order valence-corrected chi connectivity index (χ1v) is 10.2. The molecule has 4 rings (SSSR count). The number of carbonyl (C=O) groups excluding carboxylic acids is 1. The Morgan fingerprint density at radius 1 is 1.03 bits per heavy atom. The fraction of sp³-hybridized carbons (Fsp3) is 0.111. The molecule has 0 aliphatic carbocycles. The summed E-state index contributed by atoms with van der Waals surface area (Å²) in [6.45, 7) is 2.47. The van der Waals surface area contributed by atoms with Crippen LogP contribution in [0.2, 0.25) is 0 Å². The third kappa shape index (κ3) is 4.64. The van der Waals surface area contributed by atoms with Crippen molar-refractivity contribution in [3.63, 3.8) is 0 Å². The molecule has 0 saturated heterocycles. The van der Waals surface area contributed by atoms with Gasteiger partial charge in [-0.3, -0.25) is 9.78 Å². The Kier molecular flexibility index (Phi) is 6.08. The Balaban J connectivity index is 1.57. The number of methoxy groups -OCH3 is 1. The quantitative estimate of drug-likeness (QED) is 0.426. The van der Waals surface area contributed by atoms with E-state index in [4.69, 9.17) is 4.74 Å². The number of fused-ring (bicyclic) bond motifs is 1. The molecule has 4 heteroatoms. The molecule has 0 bridgehead atoms. The van der Waals surface area contributed by atoms with E-state index in [1.807, 2.05) is 61.7 Å². The number of aryl methyl sites for hydroxylation is 1. The molecule has 0 fully saturated rings. The molecule has 154 valence electrons. The van der Waals surface area contributed by atoms with Crippen molar-refractivity contribution in [1.82, 2.24) is 10.3 Å². The zero-order chi connectivity index (χ0) is 21.6. The van der Waals surface area contributed by atoms with Crippen LogP contribution < -0.4 is 10.1 Å². The molecule has 4 aromatic rings. The summed E-state index contributed by atoms with van der Waals surface area (Å²) in [5.41, 5.74) is 5.35. The van der Waals surface area contributed by atoms with Crippen molar-refractivity contribution < 1.29 is 9.53 Å². The fourth-order valence-electron chi connectivity index (χ4n) is 3.68. The standard InChI is InChI=1S/C27H24N2O2/c1-19-16-21(10-12-26(19)31-2)23-11-9-22(25-18-28-15-14-24(23)25)17-29-27(30)13-8-20-6-4-3-5-7-20/h3-16,18H,17H2,1-2H3,(H,29,30)/b13-8+. The number of ether oxygens (including phenoxy) is 1. The van der Waals surface area contributed by atoms with Gasteiger partial charge in [0.2, 0.25) is 5.91 Å². The van der Waals surface area contributed by atoms with Gasteiger partial charge >= 0.3 is 0 Å². The van der Waals surface area contributed by atoms with E-state index >= 15 is 0 Å². The highest BCUT2D eigenvalue weighted by Gasteiger charge is 2.10. The Labute approximate surface area is 182 Å². The van der Waals surface area contributed by atoms with E-state index in [-0.39, 0.29) is 5.91 Å². The first-order valence-electron chi connectivity index (χ1n) is 10.2. The predicted molar refractivity (Wildman–Crippen MR) is 126 cm³/mol. The number of hydrogen-bond donors (Lipinski definition) is 1. The van der Waals surface area contributed by atoms with Crippen molar-refractivity contribution in [3.8, 4) is 16.9 Å². The lowest BCUT2D eigenvalue weighted by atomic mass is 9.95. The summed E-state index contributed by atoms with van der Waals surface area (Å²) in [6, 6.07) is 22.1. The molecular formula is C27H24N2O2. The number of nitrogens with zero attached hydrogens (tertiary/aromatic N) is 1. The third-order valence-corrected chi connectivity index (χ3v) is 5.29. The molecule has 4 nitrogen and oxygen atoms in total. The normalized spacial score (nSPS) is 11.0. The van der Waals surface area contributed by atoms with E-state index in [1.54, 1.807) is 19.4 Å². The zero-order valence-electron chi connectivity index (χ0n) is 17.6.